The van der Waals surface area contributed by atoms with E-state index in [-0.39, 0.29) is 12.3 Å². The van der Waals surface area contributed by atoms with Gasteiger partial charge in [0.2, 0.25) is 5.91 Å². The fraction of sp³-hybridized carbons (Fsp3) is 0.444. The quantitative estimate of drug-likeness (QED) is 0.486. The average molecular weight is 319 g/mol. The van der Waals surface area contributed by atoms with E-state index in [0.29, 0.717) is 26.0 Å². The molecule has 0 fully saturated rings. The summed E-state index contributed by atoms with van der Waals surface area (Å²) in [5, 5.41) is 11.2. The molecular formula is C18H25NO4. The van der Waals surface area contributed by atoms with Crippen molar-refractivity contribution in [1.82, 2.24) is 5.32 Å². The van der Waals surface area contributed by atoms with Crippen LogP contribution in [-0.2, 0) is 16.0 Å². The average Bonchev–Trinajstić information content (AvgIpc) is 2.50. The summed E-state index contributed by atoms with van der Waals surface area (Å²) >= 11 is 0. The Morgan fingerprint density at radius 1 is 1.17 bits per heavy atom. The van der Waals surface area contributed by atoms with E-state index in [9.17, 15) is 9.59 Å². The van der Waals surface area contributed by atoms with Crippen molar-refractivity contribution in [2.45, 2.75) is 39.0 Å². The van der Waals surface area contributed by atoms with Gasteiger partial charge in [-0.05, 0) is 49.5 Å². The number of rotatable bonds is 11. The Morgan fingerprint density at radius 3 is 2.48 bits per heavy atom. The van der Waals surface area contributed by atoms with Gasteiger partial charge in [0.25, 0.3) is 0 Å². The first-order valence-electron chi connectivity index (χ1n) is 7.82. The van der Waals surface area contributed by atoms with Crippen molar-refractivity contribution in [3.05, 3.63) is 42.0 Å². The lowest BCUT2D eigenvalue weighted by Crippen LogP contribution is -2.24. The predicted octanol–water partition coefficient (Wildman–Crippen LogP) is 2.95. The number of hydrogen-bond acceptors (Lipinski definition) is 3. The summed E-state index contributed by atoms with van der Waals surface area (Å²) in [4.78, 5) is 21.9. The maximum Gasteiger partial charge on any atom is 0.303 e. The molecule has 0 heterocycles. The van der Waals surface area contributed by atoms with E-state index < -0.39 is 5.97 Å². The highest BCUT2D eigenvalue weighted by molar-refractivity contribution is 5.75. The van der Waals surface area contributed by atoms with Crippen LogP contribution in [0.2, 0.25) is 0 Å². The Bertz CT molecular complexity index is 522. The first kappa shape index (κ1) is 18.7. The van der Waals surface area contributed by atoms with Gasteiger partial charge in [0.05, 0.1) is 0 Å². The van der Waals surface area contributed by atoms with Crippen molar-refractivity contribution >= 4 is 11.9 Å². The molecule has 0 bridgehead atoms. The monoisotopic (exact) mass is 319 g/mol. The number of benzene rings is 1. The second-order valence-corrected chi connectivity index (χ2v) is 5.59. The second-order valence-electron chi connectivity index (χ2n) is 5.59. The van der Waals surface area contributed by atoms with Crippen LogP contribution in [0.25, 0.3) is 0 Å². The minimum atomic E-state index is -0.838. The van der Waals surface area contributed by atoms with Crippen molar-refractivity contribution in [2.24, 2.45) is 0 Å². The van der Waals surface area contributed by atoms with Gasteiger partial charge in [0.15, 0.2) is 0 Å². The van der Waals surface area contributed by atoms with Crippen LogP contribution in [0, 0.1) is 0 Å². The van der Waals surface area contributed by atoms with Crippen LogP contribution in [0.15, 0.2) is 36.4 Å². The fourth-order valence-corrected chi connectivity index (χ4v) is 1.97. The van der Waals surface area contributed by atoms with Gasteiger partial charge in [-0.1, -0.05) is 18.7 Å². The maximum atomic E-state index is 11.6. The van der Waals surface area contributed by atoms with E-state index in [0.717, 1.165) is 29.7 Å². The van der Waals surface area contributed by atoms with Crippen molar-refractivity contribution < 1.29 is 19.4 Å². The van der Waals surface area contributed by atoms with Gasteiger partial charge < -0.3 is 15.2 Å². The number of carboxylic acids is 1. The lowest BCUT2D eigenvalue weighted by molar-refractivity contribution is -0.137. The van der Waals surface area contributed by atoms with Crippen molar-refractivity contribution in [2.75, 3.05) is 13.2 Å². The Hall–Kier alpha value is -2.30. The minimum Gasteiger partial charge on any atom is -0.489 e. The molecule has 5 heteroatoms. The van der Waals surface area contributed by atoms with E-state index >= 15 is 0 Å². The fourth-order valence-electron chi connectivity index (χ4n) is 1.97. The van der Waals surface area contributed by atoms with Crippen LogP contribution in [-0.4, -0.2) is 30.1 Å². The van der Waals surface area contributed by atoms with Crippen LogP contribution in [0.3, 0.4) is 0 Å². The van der Waals surface area contributed by atoms with Crippen molar-refractivity contribution in [1.29, 1.82) is 0 Å². The van der Waals surface area contributed by atoms with E-state index in [1.807, 2.05) is 31.2 Å². The minimum absolute atomic E-state index is 0.0307. The Labute approximate surface area is 137 Å². The summed E-state index contributed by atoms with van der Waals surface area (Å²) in [5.41, 5.74) is 2.13. The molecule has 0 spiro atoms. The zero-order valence-corrected chi connectivity index (χ0v) is 13.6. The first-order valence-corrected chi connectivity index (χ1v) is 7.82. The molecule has 0 saturated carbocycles. The molecule has 0 aliphatic carbocycles. The van der Waals surface area contributed by atoms with Crippen molar-refractivity contribution in [3.8, 4) is 5.75 Å². The number of nitrogens with one attached hydrogen (secondary N) is 1. The number of hydrogen-bond donors (Lipinski definition) is 2. The molecule has 0 radical (unpaired) electrons. The summed E-state index contributed by atoms with van der Waals surface area (Å²) < 4.78 is 5.53. The number of aliphatic carboxylic acids is 1. The van der Waals surface area contributed by atoms with Crippen LogP contribution in [0.5, 0.6) is 5.75 Å². The molecule has 0 saturated heterocycles. The number of carbonyl (C=O) groups is 2. The molecule has 1 amide bonds. The van der Waals surface area contributed by atoms with Gasteiger partial charge in [0, 0.05) is 19.4 Å². The zero-order chi connectivity index (χ0) is 17.1. The van der Waals surface area contributed by atoms with Gasteiger partial charge >= 0.3 is 5.97 Å². The summed E-state index contributed by atoms with van der Waals surface area (Å²) in [5.74, 6) is -0.0559. The number of amides is 1. The molecule has 0 aliphatic rings. The molecule has 0 atom stereocenters. The van der Waals surface area contributed by atoms with E-state index in [1.54, 1.807) is 0 Å². The largest absolute Gasteiger partial charge is 0.489 e. The number of ether oxygens (including phenoxy) is 1. The normalized spacial score (nSPS) is 10.1. The molecule has 0 aromatic heterocycles. The van der Waals surface area contributed by atoms with Gasteiger partial charge in [-0.2, -0.15) is 0 Å². The van der Waals surface area contributed by atoms with Gasteiger partial charge in [-0.15, -0.1) is 0 Å². The second kappa shape index (κ2) is 10.4. The molecule has 23 heavy (non-hydrogen) atoms. The Balaban J connectivity index is 2.18. The molecule has 126 valence electrons. The van der Waals surface area contributed by atoms with Crippen molar-refractivity contribution in [3.63, 3.8) is 0 Å². The highest BCUT2D eigenvalue weighted by Gasteiger charge is 2.03. The first-order chi connectivity index (χ1) is 11.0. The van der Waals surface area contributed by atoms with Crippen LogP contribution in [0.1, 0.15) is 38.2 Å². The number of aryl methyl sites for hydroxylation is 1. The molecule has 2 N–H and O–H groups in total. The predicted molar refractivity (Wildman–Crippen MR) is 89.6 cm³/mol. The highest BCUT2D eigenvalue weighted by atomic mass is 16.5. The molecule has 0 unspecified atom stereocenters. The third kappa shape index (κ3) is 9.34. The topological polar surface area (TPSA) is 75.6 Å². The van der Waals surface area contributed by atoms with Crippen LogP contribution < -0.4 is 10.1 Å². The van der Waals surface area contributed by atoms with Crippen LogP contribution in [0.4, 0.5) is 0 Å². The third-order valence-corrected chi connectivity index (χ3v) is 3.17. The van der Waals surface area contributed by atoms with E-state index in [1.165, 1.54) is 0 Å². The molecule has 1 rings (SSSR count). The molecule has 5 nitrogen and oxygen atoms in total. The lowest BCUT2D eigenvalue weighted by atomic mass is 10.1. The van der Waals surface area contributed by atoms with Gasteiger partial charge in [0.1, 0.15) is 12.4 Å². The highest BCUT2D eigenvalue weighted by Crippen LogP contribution is 2.14. The Morgan fingerprint density at radius 2 is 1.87 bits per heavy atom. The van der Waals surface area contributed by atoms with Gasteiger partial charge in [-0.3, -0.25) is 9.59 Å². The summed E-state index contributed by atoms with van der Waals surface area (Å²) in [6, 6.07) is 7.84. The zero-order valence-electron chi connectivity index (χ0n) is 13.6. The summed E-state index contributed by atoms with van der Waals surface area (Å²) in [7, 11) is 0. The third-order valence-electron chi connectivity index (χ3n) is 3.17. The molecule has 0 aliphatic heterocycles. The molecule has 1 aromatic rings. The smallest absolute Gasteiger partial charge is 0.303 e. The standard InChI is InChI=1S/C18H25NO4/c1-14(2)13-23-16-10-8-15(9-11-16)5-3-6-17(20)19-12-4-7-18(21)22/h8-11H,1,3-7,12-13H2,2H3,(H,19,20)(H,21,22). The lowest BCUT2D eigenvalue weighted by Gasteiger charge is -2.07. The molecular weight excluding hydrogens is 294 g/mol. The van der Waals surface area contributed by atoms with E-state index in [2.05, 4.69) is 11.9 Å². The van der Waals surface area contributed by atoms with Gasteiger partial charge in [-0.25, -0.2) is 0 Å². The maximum absolute atomic E-state index is 11.6. The Kier molecular flexibility index (Phi) is 8.50. The number of carboxylic acid groups (broad SMARTS) is 1. The summed E-state index contributed by atoms with van der Waals surface area (Å²) in [6.07, 6.45) is 2.58. The molecule has 1 aromatic carbocycles. The summed E-state index contributed by atoms with van der Waals surface area (Å²) in [6.45, 7) is 6.64. The van der Waals surface area contributed by atoms with E-state index in [4.69, 9.17) is 9.84 Å². The van der Waals surface area contributed by atoms with Crippen LogP contribution >= 0.6 is 0 Å². The SMILES string of the molecule is C=C(C)COc1ccc(CCCC(=O)NCCCC(=O)O)cc1. The number of carbonyl (C=O) groups excluding carboxylic acids is 1.